The average molecular weight is 312 g/mol. The van der Waals surface area contributed by atoms with Gasteiger partial charge in [-0.25, -0.2) is 0 Å². The van der Waals surface area contributed by atoms with Crippen molar-refractivity contribution in [3.63, 3.8) is 0 Å². The second-order valence-corrected chi connectivity index (χ2v) is 7.30. The molecule has 1 aromatic rings. The van der Waals surface area contributed by atoms with Crippen molar-refractivity contribution in [2.75, 3.05) is 11.9 Å². The Bertz CT molecular complexity index is 633. The van der Waals surface area contributed by atoms with Crippen LogP contribution in [0.4, 0.5) is 5.69 Å². The van der Waals surface area contributed by atoms with Gasteiger partial charge in [0.1, 0.15) is 0 Å². The van der Waals surface area contributed by atoms with Crippen LogP contribution in [0.25, 0.3) is 0 Å². The monoisotopic (exact) mass is 312 g/mol. The van der Waals surface area contributed by atoms with E-state index in [4.69, 9.17) is 0 Å². The lowest BCUT2D eigenvalue weighted by Gasteiger charge is -2.24. The Morgan fingerprint density at radius 2 is 1.96 bits per heavy atom. The van der Waals surface area contributed by atoms with Gasteiger partial charge in [0.15, 0.2) is 0 Å². The number of carbonyl (C=O) groups is 2. The molecule has 0 spiro atoms. The molecule has 1 saturated heterocycles. The molecule has 1 aliphatic carbocycles. The highest BCUT2D eigenvalue weighted by molar-refractivity contribution is 5.99. The lowest BCUT2D eigenvalue weighted by molar-refractivity contribution is -0.111. The average Bonchev–Trinajstić information content (AvgIpc) is 3.11. The van der Waals surface area contributed by atoms with E-state index in [-0.39, 0.29) is 17.2 Å². The predicted molar refractivity (Wildman–Crippen MR) is 91.2 cm³/mol. The van der Waals surface area contributed by atoms with Crippen LogP contribution in [0, 0.1) is 11.3 Å². The molecule has 23 heavy (non-hydrogen) atoms. The van der Waals surface area contributed by atoms with E-state index in [9.17, 15) is 9.59 Å². The minimum absolute atomic E-state index is 0.106. The third kappa shape index (κ3) is 2.90. The first-order chi connectivity index (χ1) is 10.9. The van der Waals surface area contributed by atoms with Crippen molar-refractivity contribution in [1.29, 1.82) is 0 Å². The van der Waals surface area contributed by atoms with E-state index in [0.29, 0.717) is 23.2 Å². The number of nitrogens with zero attached hydrogens (tertiary/aromatic N) is 1. The molecule has 1 N–H and O–H groups in total. The van der Waals surface area contributed by atoms with Crippen LogP contribution in [0.1, 0.15) is 43.5 Å². The smallest absolute Gasteiger partial charge is 0.254 e. The first kappa shape index (κ1) is 15.8. The standard InChI is InChI=1S/C19H24N2O2/c1-4-17(22)20-14-10-8-13(9-11-14)18(23)21-12-19(2,3)15-6-5-7-16(15)21/h4,8-11,15-16H,1,5-7,12H2,2-3H3,(H,20,22)/t15-,16+/m0/s1. The largest absolute Gasteiger partial charge is 0.335 e. The summed E-state index contributed by atoms with van der Waals surface area (Å²) in [5.41, 5.74) is 1.56. The molecule has 4 nitrogen and oxygen atoms in total. The van der Waals surface area contributed by atoms with Gasteiger partial charge in [-0.1, -0.05) is 26.8 Å². The number of nitrogens with one attached hydrogen (secondary N) is 1. The van der Waals surface area contributed by atoms with Gasteiger partial charge in [-0.05, 0) is 54.5 Å². The maximum absolute atomic E-state index is 12.9. The van der Waals surface area contributed by atoms with Crippen LogP contribution in [0.3, 0.4) is 0 Å². The second kappa shape index (κ2) is 5.84. The van der Waals surface area contributed by atoms with Crippen LogP contribution in [0.15, 0.2) is 36.9 Å². The van der Waals surface area contributed by atoms with Crippen molar-refractivity contribution in [1.82, 2.24) is 4.90 Å². The summed E-state index contributed by atoms with van der Waals surface area (Å²) < 4.78 is 0. The van der Waals surface area contributed by atoms with Gasteiger partial charge in [-0.3, -0.25) is 9.59 Å². The molecule has 2 atom stereocenters. The molecule has 1 heterocycles. The molecule has 2 fully saturated rings. The Labute approximate surface area is 137 Å². The van der Waals surface area contributed by atoms with Gasteiger partial charge in [0, 0.05) is 23.8 Å². The lowest BCUT2D eigenvalue weighted by Crippen LogP contribution is -2.36. The summed E-state index contributed by atoms with van der Waals surface area (Å²) in [6.07, 6.45) is 4.79. The summed E-state index contributed by atoms with van der Waals surface area (Å²) in [6.45, 7) is 8.81. The molecule has 122 valence electrons. The van der Waals surface area contributed by atoms with E-state index in [0.717, 1.165) is 13.0 Å². The Kier molecular flexibility index (Phi) is 4.00. The van der Waals surface area contributed by atoms with Crippen LogP contribution >= 0.6 is 0 Å². The van der Waals surface area contributed by atoms with Gasteiger partial charge in [-0.15, -0.1) is 0 Å². The van der Waals surface area contributed by atoms with Gasteiger partial charge < -0.3 is 10.2 Å². The summed E-state index contributed by atoms with van der Waals surface area (Å²) in [7, 11) is 0. The minimum Gasteiger partial charge on any atom is -0.335 e. The van der Waals surface area contributed by atoms with E-state index in [2.05, 4.69) is 30.6 Å². The van der Waals surface area contributed by atoms with Crippen molar-refractivity contribution >= 4 is 17.5 Å². The number of benzene rings is 1. The number of fused-ring (bicyclic) bond motifs is 1. The molecule has 0 radical (unpaired) electrons. The quantitative estimate of drug-likeness (QED) is 0.869. The zero-order valence-electron chi connectivity index (χ0n) is 13.8. The second-order valence-electron chi connectivity index (χ2n) is 7.30. The Hall–Kier alpha value is -2.10. The molecule has 1 aromatic carbocycles. The molecule has 1 aliphatic heterocycles. The summed E-state index contributed by atoms with van der Waals surface area (Å²) in [5.74, 6) is 0.478. The van der Waals surface area contributed by atoms with Gasteiger partial charge in [0.05, 0.1) is 0 Å². The fourth-order valence-corrected chi connectivity index (χ4v) is 4.18. The fourth-order valence-electron chi connectivity index (χ4n) is 4.18. The summed E-state index contributed by atoms with van der Waals surface area (Å²) in [4.78, 5) is 26.3. The third-order valence-corrected chi connectivity index (χ3v) is 5.31. The van der Waals surface area contributed by atoms with E-state index in [1.54, 1.807) is 24.3 Å². The predicted octanol–water partition coefficient (Wildman–Crippen LogP) is 3.46. The van der Waals surface area contributed by atoms with Crippen LogP contribution in [-0.4, -0.2) is 29.3 Å². The Morgan fingerprint density at radius 3 is 2.61 bits per heavy atom. The number of likely N-dealkylation sites (tertiary alicyclic amines) is 1. The number of anilines is 1. The van der Waals surface area contributed by atoms with Gasteiger partial charge in [-0.2, -0.15) is 0 Å². The zero-order chi connectivity index (χ0) is 16.6. The Morgan fingerprint density at radius 1 is 1.26 bits per heavy atom. The van der Waals surface area contributed by atoms with E-state index < -0.39 is 0 Å². The van der Waals surface area contributed by atoms with Crippen LogP contribution in [0.2, 0.25) is 0 Å². The zero-order valence-corrected chi connectivity index (χ0v) is 13.8. The molecular weight excluding hydrogens is 288 g/mol. The first-order valence-corrected chi connectivity index (χ1v) is 8.27. The number of rotatable bonds is 3. The maximum Gasteiger partial charge on any atom is 0.254 e. The highest BCUT2D eigenvalue weighted by atomic mass is 16.2. The van der Waals surface area contributed by atoms with Crippen molar-refractivity contribution < 1.29 is 9.59 Å². The van der Waals surface area contributed by atoms with Crippen molar-refractivity contribution in [2.24, 2.45) is 11.3 Å². The van der Waals surface area contributed by atoms with Crippen molar-refractivity contribution in [2.45, 2.75) is 39.2 Å². The molecule has 3 rings (SSSR count). The fraction of sp³-hybridized carbons (Fsp3) is 0.474. The molecule has 2 amide bonds. The topological polar surface area (TPSA) is 49.4 Å². The number of hydrogen-bond donors (Lipinski definition) is 1. The maximum atomic E-state index is 12.9. The van der Waals surface area contributed by atoms with Crippen molar-refractivity contribution in [3.8, 4) is 0 Å². The van der Waals surface area contributed by atoms with Crippen LogP contribution in [-0.2, 0) is 4.79 Å². The van der Waals surface area contributed by atoms with E-state index in [1.807, 2.05) is 0 Å². The van der Waals surface area contributed by atoms with Crippen molar-refractivity contribution in [3.05, 3.63) is 42.5 Å². The normalized spacial score (nSPS) is 25.0. The van der Waals surface area contributed by atoms with Gasteiger partial charge >= 0.3 is 0 Å². The van der Waals surface area contributed by atoms with Gasteiger partial charge in [0.25, 0.3) is 5.91 Å². The molecule has 0 bridgehead atoms. The molecule has 0 unspecified atom stereocenters. The molecule has 4 heteroatoms. The number of hydrogen-bond acceptors (Lipinski definition) is 2. The highest BCUT2D eigenvalue weighted by Gasteiger charge is 2.50. The minimum atomic E-state index is -0.251. The SMILES string of the molecule is C=CC(=O)Nc1ccc(C(=O)N2CC(C)(C)[C@H]3CCC[C@H]32)cc1. The molecule has 2 aliphatic rings. The van der Waals surface area contributed by atoms with Crippen LogP contribution in [0.5, 0.6) is 0 Å². The first-order valence-electron chi connectivity index (χ1n) is 8.27. The number of carbonyl (C=O) groups excluding carboxylic acids is 2. The third-order valence-electron chi connectivity index (χ3n) is 5.31. The van der Waals surface area contributed by atoms with E-state index in [1.165, 1.54) is 18.9 Å². The summed E-state index contributed by atoms with van der Waals surface area (Å²) in [5, 5.41) is 2.70. The van der Waals surface area contributed by atoms with Crippen LogP contribution < -0.4 is 5.32 Å². The summed E-state index contributed by atoms with van der Waals surface area (Å²) in [6, 6.07) is 7.49. The molecular formula is C19H24N2O2. The van der Waals surface area contributed by atoms with Gasteiger partial charge in [0.2, 0.25) is 5.91 Å². The molecule has 0 aromatic heterocycles. The molecule has 1 saturated carbocycles. The van der Waals surface area contributed by atoms with E-state index >= 15 is 0 Å². The lowest BCUT2D eigenvalue weighted by atomic mass is 9.80. The number of amides is 2. The highest BCUT2D eigenvalue weighted by Crippen LogP contribution is 2.48. The summed E-state index contributed by atoms with van der Waals surface area (Å²) >= 11 is 0. The Balaban J connectivity index is 1.76.